The van der Waals surface area contributed by atoms with E-state index >= 15 is 0 Å². The maximum absolute atomic E-state index is 6.02. The van der Waals surface area contributed by atoms with Crippen LogP contribution in [0.5, 0.6) is 0 Å². The van der Waals surface area contributed by atoms with E-state index in [2.05, 4.69) is 60.0 Å². The van der Waals surface area contributed by atoms with Gasteiger partial charge in [-0.05, 0) is 47.8 Å². The second kappa shape index (κ2) is 5.49. The molecular formula is C16H20IN5S. The molecule has 23 heavy (non-hydrogen) atoms. The summed E-state index contributed by atoms with van der Waals surface area (Å²) in [6.07, 6.45) is 7.75. The molecule has 3 aliphatic rings. The number of hydrogen-bond acceptors (Lipinski definition) is 5. The summed E-state index contributed by atoms with van der Waals surface area (Å²) in [5, 5.41) is 1.94. The zero-order valence-corrected chi connectivity index (χ0v) is 15.8. The number of aromatic nitrogens is 3. The van der Waals surface area contributed by atoms with Gasteiger partial charge in [-0.1, -0.05) is 0 Å². The molecule has 1 aliphatic carbocycles. The quantitative estimate of drug-likeness (QED) is 0.743. The summed E-state index contributed by atoms with van der Waals surface area (Å²) in [5.41, 5.74) is 7.02. The highest BCUT2D eigenvalue weighted by atomic mass is 127. The number of rotatable bonds is 3. The van der Waals surface area contributed by atoms with Gasteiger partial charge in [0.2, 0.25) is 0 Å². The summed E-state index contributed by atoms with van der Waals surface area (Å²) < 4.78 is 3.49. The molecule has 2 aromatic heterocycles. The fraction of sp³-hybridized carbons (Fsp3) is 0.625. The number of nitrogen functional groups attached to an aromatic ring is 1. The van der Waals surface area contributed by atoms with Crippen molar-refractivity contribution in [2.45, 2.75) is 36.6 Å². The van der Waals surface area contributed by atoms with E-state index in [9.17, 15) is 0 Å². The van der Waals surface area contributed by atoms with Gasteiger partial charge in [0.1, 0.15) is 17.8 Å². The highest BCUT2D eigenvalue weighted by molar-refractivity contribution is 14.1. The van der Waals surface area contributed by atoms with E-state index in [1.54, 1.807) is 6.33 Å². The topological polar surface area (TPSA) is 60.0 Å². The molecule has 7 heteroatoms. The predicted molar refractivity (Wildman–Crippen MR) is 103 cm³/mol. The maximum atomic E-state index is 6.02. The fourth-order valence-corrected chi connectivity index (χ4v) is 6.77. The molecular weight excluding hydrogens is 421 g/mol. The molecule has 4 heterocycles. The molecule has 5 nitrogen and oxygen atoms in total. The molecule has 5 rings (SSSR count). The molecule has 2 saturated heterocycles. The highest BCUT2D eigenvalue weighted by Gasteiger charge is 2.41. The maximum Gasteiger partial charge on any atom is 0.146 e. The molecule has 0 amide bonds. The Kier molecular flexibility index (Phi) is 3.52. The van der Waals surface area contributed by atoms with Crippen LogP contribution in [0.25, 0.3) is 11.0 Å². The Morgan fingerprint density at radius 3 is 2.87 bits per heavy atom. The van der Waals surface area contributed by atoms with Crippen molar-refractivity contribution in [3.05, 3.63) is 16.1 Å². The lowest BCUT2D eigenvalue weighted by molar-refractivity contribution is 0.127. The fourth-order valence-electron chi connectivity index (χ4n) is 4.45. The number of nitrogens with zero attached hydrogens (tertiary/aromatic N) is 4. The average Bonchev–Trinajstić information content (AvgIpc) is 3.17. The van der Waals surface area contributed by atoms with E-state index < -0.39 is 0 Å². The van der Waals surface area contributed by atoms with Crippen LogP contribution in [0.3, 0.4) is 0 Å². The minimum atomic E-state index is 0.578. The van der Waals surface area contributed by atoms with Crippen LogP contribution in [-0.4, -0.2) is 49.6 Å². The minimum Gasteiger partial charge on any atom is -0.383 e. The third kappa shape index (κ3) is 2.38. The van der Waals surface area contributed by atoms with Crippen LogP contribution in [0.1, 0.15) is 25.3 Å². The van der Waals surface area contributed by atoms with E-state index in [4.69, 9.17) is 5.73 Å². The third-order valence-electron chi connectivity index (χ3n) is 5.70. The van der Waals surface area contributed by atoms with Crippen LogP contribution in [-0.2, 0) is 0 Å². The van der Waals surface area contributed by atoms with Crippen molar-refractivity contribution >= 4 is 51.2 Å². The Morgan fingerprint density at radius 2 is 2.13 bits per heavy atom. The van der Waals surface area contributed by atoms with Crippen molar-refractivity contribution in [1.29, 1.82) is 0 Å². The summed E-state index contributed by atoms with van der Waals surface area (Å²) in [6, 6.07) is 1.44. The zero-order valence-electron chi connectivity index (χ0n) is 12.9. The average molecular weight is 441 g/mol. The summed E-state index contributed by atoms with van der Waals surface area (Å²) >= 11 is 4.52. The molecule has 122 valence electrons. The van der Waals surface area contributed by atoms with Crippen LogP contribution in [0.2, 0.25) is 0 Å². The van der Waals surface area contributed by atoms with E-state index in [1.165, 1.54) is 38.1 Å². The van der Waals surface area contributed by atoms with Crippen molar-refractivity contribution in [1.82, 2.24) is 19.4 Å². The Bertz CT molecular complexity index is 756. The number of hydrogen-bond donors (Lipinski definition) is 1. The van der Waals surface area contributed by atoms with E-state index in [0.717, 1.165) is 31.8 Å². The minimum absolute atomic E-state index is 0.578. The molecule has 2 aromatic rings. The summed E-state index contributed by atoms with van der Waals surface area (Å²) in [6.45, 7) is 2.62. The predicted octanol–water partition coefficient (Wildman–Crippen LogP) is 2.76. The lowest BCUT2D eigenvalue weighted by Gasteiger charge is -2.40. The monoisotopic (exact) mass is 441 g/mol. The van der Waals surface area contributed by atoms with Crippen molar-refractivity contribution in [3.63, 3.8) is 0 Å². The first-order chi connectivity index (χ1) is 11.2. The molecule has 3 fully saturated rings. The second-order valence-electron chi connectivity index (χ2n) is 7.13. The second-order valence-corrected chi connectivity index (χ2v) is 9.63. The molecule has 0 aromatic carbocycles. The SMILES string of the molecule is Nc1ncnc2c1c(I)cn2C1CC(CN2C[C@@H]3C[C@H]2CS3)C1. The lowest BCUT2D eigenvalue weighted by Crippen LogP contribution is -2.41. The number of likely N-dealkylation sites (tertiary alicyclic amines) is 1. The number of halogens is 1. The van der Waals surface area contributed by atoms with E-state index in [-0.39, 0.29) is 0 Å². The van der Waals surface area contributed by atoms with Crippen molar-refractivity contribution in [3.8, 4) is 0 Å². The van der Waals surface area contributed by atoms with Gasteiger partial charge in [-0.3, -0.25) is 4.90 Å². The molecule has 0 unspecified atom stereocenters. The molecule has 0 spiro atoms. The normalized spacial score (nSPS) is 33.4. The van der Waals surface area contributed by atoms with E-state index in [1.807, 2.05) is 0 Å². The Labute approximate surface area is 153 Å². The van der Waals surface area contributed by atoms with Gasteiger partial charge in [0.25, 0.3) is 0 Å². The van der Waals surface area contributed by atoms with Gasteiger partial charge >= 0.3 is 0 Å². The molecule has 2 atom stereocenters. The van der Waals surface area contributed by atoms with Gasteiger partial charge in [0, 0.05) is 45.9 Å². The molecule has 2 aliphatic heterocycles. The van der Waals surface area contributed by atoms with Crippen LogP contribution in [0.4, 0.5) is 5.82 Å². The first kappa shape index (κ1) is 14.8. The number of nitrogens with two attached hydrogens (primary N) is 1. The van der Waals surface area contributed by atoms with Crippen molar-refractivity contribution in [2.75, 3.05) is 24.6 Å². The Balaban J connectivity index is 1.29. The van der Waals surface area contributed by atoms with Gasteiger partial charge in [0.05, 0.1) is 5.39 Å². The van der Waals surface area contributed by atoms with Crippen LogP contribution >= 0.6 is 34.4 Å². The highest BCUT2D eigenvalue weighted by Crippen LogP contribution is 2.44. The molecule has 1 saturated carbocycles. The molecule has 2 N–H and O–H groups in total. The first-order valence-electron chi connectivity index (χ1n) is 8.31. The number of thioether (sulfide) groups is 1. The van der Waals surface area contributed by atoms with Crippen molar-refractivity contribution in [2.24, 2.45) is 5.92 Å². The number of anilines is 1. The lowest BCUT2D eigenvalue weighted by atomic mass is 9.79. The van der Waals surface area contributed by atoms with Gasteiger partial charge in [-0.15, -0.1) is 0 Å². The Morgan fingerprint density at radius 1 is 1.26 bits per heavy atom. The largest absolute Gasteiger partial charge is 0.383 e. The van der Waals surface area contributed by atoms with Gasteiger partial charge in [-0.2, -0.15) is 11.8 Å². The Hall–Kier alpha value is -0.540. The summed E-state index contributed by atoms with van der Waals surface area (Å²) in [7, 11) is 0. The molecule has 2 bridgehead atoms. The van der Waals surface area contributed by atoms with Crippen LogP contribution in [0.15, 0.2) is 12.5 Å². The summed E-state index contributed by atoms with van der Waals surface area (Å²) in [5.74, 6) is 2.80. The van der Waals surface area contributed by atoms with Gasteiger partial charge < -0.3 is 10.3 Å². The van der Waals surface area contributed by atoms with Gasteiger partial charge in [-0.25, -0.2) is 9.97 Å². The molecule has 0 radical (unpaired) electrons. The smallest absolute Gasteiger partial charge is 0.146 e. The van der Waals surface area contributed by atoms with Crippen LogP contribution in [0, 0.1) is 9.49 Å². The third-order valence-corrected chi connectivity index (χ3v) is 7.91. The first-order valence-corrected chi connectivity index (χ1v) is 10.4. The van der Waals surface area contributed by atoms with E-state index in [0.29, 0.717) is 11.9 Å². The number of fused-ring (bicyclic) bond motifs is 3. The zero-order chi connectivity index (χ0) is 15.6. The standard InChI is InChI=1S/C16H20IN5S/c17-13-6-22(16-14(13)15(18)19-8-20-16)10-1-9(2-10)4-21-5-12-3-11(21)7-23-12/h6,8-12H,1-5,7H2,(H2,18,19,20)/t9?,10?,11-,12-/m0/s1. The van der Waals surface area contributed by atoms with Crippen molar-refractivity contribution < 1.29 is 0 Å². The van der Waals surface area contributed by atoms with Crippen LogP contribution < -0.4 is 5.73 Å². The van der Waals surface area contributed by atoms with Gasteiger partial charge in [0.15, 0.2) is 0 Å². The summed E-state index contributed by atoms with van der Waals surface area (Å²) in [4.78, 5) is 11.4.